The average molecular weight is 342 g/mol. The van der Waals surface area contributed by atoms with E-state index in [1.54, 1.807) is 35.1 Å². The summed E-state index contributed by atoms with van der Waals surface area (Å²) in [5, 5.41) is 17.7. The van der Waals surface area contributed by atoms with Crippen molar-refractivity contribution in [3.63, 3.8) is 0 Å². The summed E-state index contributed by atoms with van der Waals surface area (Å²) in [6.07, 6.45) is 0.748. The molecule has 5 nitrogen and oxygen atoms in total. The van der Waals surface area contributed by atoms with Crippen LogP contribution in [0.25, 0.3) is 0 Å². The Bertz CT molecular complexity index is 650. The van der Waals surface area contributed by atoms with Crippen molar-refractivity contribution < 1.29 is 9.90 Å². The Hall–Kier alpha value is -1.56. The van der Waals surface area contributed by atoms with Crippen molar-refractivity contribution in [2.45, 2.75) is 26.0 Å². The molecule has 0 spiro atoms. The van der Waals surface area contributed by atoms with Crippen LogP contribution in [0.15, 0.2) is 30.5 Å². The summed E-state index contributed by atoms with van der Waals surface area (Å²) in [7, 11) is 0. The number of amides is 1. The lowest BCUT2D eigenvalue weighted by molar-refractivity contribution is 0.0910. The molecule has 1 amide bonds. The van der Waals surface area contributed by atoms with E-state index in [4.69, 9.17) is 23.2 Å². The maximum atomic E-state index is 12.0. The second-order valence-electron chi connectivity index (χ2n) is 5.14. The van der Waals surface area contributed by atoms with Crippen LogP contribution in [0, 0.1) is 0 Å². The number of carbonyl (C=O) groups is 1. The molecule has 1 aromatic carbocycles. The number of benzene rings is 1. The molecule has 0 saturated heterocycles. The minimum atomic E-state index is -0.989. The van der Waals surface area contributed by atoms with Gasteiger partial charge in [-0.2, -0.15) is 5.10 Å². The number of hydrogen-bond acceptors (Lipinski definition) is 3. The van der Waals surface area contributed by atoms with Crippen LogP contribution < -0.4 is 5.32 Å². The van der Waals surface area contributed by atoms with Crippen molar-refractivity contribution >= 4 is 29.1 Å². The lowest BCUT2D eigenvalue weighted by Crippen LogP contribution is -2.29. The van der Waals surface area contributed by atoms with E-state index in [1.807, 2.05) is 13.8 Å². The second-order valence-corrected chi connectivity index (χ2v) is 5.95. The van der Waals surface area contributed by atoms with Gasteiger partial charge in [-0.3, -0.25) is 9.48 Å². The molecule has 1 aromatic heterocycles. The summed E-state index contributed by atoms with van der Waals surface area (Å²) in [5.74, 6) is -0.360. The van der Waals surface area contributed by atoms with Crippen LogP contribution in [0.2, 0.25) is 10.0 Å². The highest BCUT2D eigenvalue weighted by Gasteiger charge is 2.17. The maximum Gasteiger partial charge on any atom is 0.271 e. The molecule has 22 heavy (non-hydrogen) atoms. The highest BCUT2D eigenvalue weighted by Crippen LogP contribution is 2.29. The molecular weight excluding hydrogens is 325 g/mol. The Morgan fingerprint density at radius 2 is 1.95 bits per heavy atom. The molecule has 1 unspecified atom stereocenters. The fraction of sp³-hybridized carbons (Fsp3) is 0.333. The maximum absolute atomic E-state index is 12.0. The standard InChI is InChI=1S/C15H17Cl2N3O2/c1-9(2)20-7-6-12(19-20)15(22)18-8-13(21)14-10(16)4-3-5-11(14)17/h3-7,9,13,21H,8H2,1-2H3,(H,18,22). The fourth-order valence-corrected chi connectivity index (χ4v) is 2.61. The van der Waals surface area contributed by atoms with Gasteiger partial charge in [-0.05, 0) is 32.0 Å². The molecule has 0 fully saturated rings. The second kappa shape index (κ2) is 7.13. The molecule has 0 saturated carbocycles. The number of rotatable bonds is 5. The van der Waals surface area contributed by atoms with Crippen molar-refractivity contribution in [1.29, 1.82) is 0 Å². The smallest absolute Gasteiger partial charge is 0.271 e. The first kappa shape index (κ1) is 16.8. The number of aliphatic hydroxyl groups excluding tert-OH is 1. The molecule has 2 aromatic rings. The largest absolute Gasteiger partial charge is 0.386 e. The third-order valence-corrected chi connectivity index (χ3v) is 3.82. The van der Waals surface area contributed by atoms with Crippen molar-refractivity contribution in [1.82, 2.24) is 15.1 Å². The SMILES string of the molecule is CC(C)n1ccc(C(=O)NCC(O)c2c(Cl)cccc2Cl)n1. The van der Waals surface area contributed by atoms with Gasteiger partial charge in [0.1, 0.15) is 5.69 Å². The van der Waals surface area contributed by atoms with Gasteiger partial charge < -0.3 is 10.4 Å². The first-order valence-corrected chi connectivity index (χ1v) is 7.61. The Morgan fingerprint density at radius 1 is 1.32 bits per heavy atom. The summed E-state index contributed by atoms with van der Waals surface area (Å²) in [6.45, 7) is 3.94. The van der Waals surface area contributed by atoms with Crippen LogP contribution in [-0.4, -0.2) is 27.3 Å². The average Bonchev–Trinajstić information content (AvgIpc) is 2.94. The molecule has 118 valence electrons. The van der Waals surface area contributed by atoms with Gasteiger partial charge in [-0.15, -0.1) is 0 Å². The summed E-state index contributed by atoms with van der Waals surface area (Å²) in [6, 6.07) is 6.77. The van der Waals surface area contributed by atoms with Crippen molar-refractivity contribution in [2.75, 3.05) is 6.54 Å². The van der Waals surface area contributed by atoms with E-state index >= 15 is 0 Å². The van der Waals surface area contributed by atoms with Gasteiger partial charge in [0.25, 0.3) is 5.91 Å². The molecule has 7 heteroatoms. The minimum Gasteiger partial charge on any atom is -0.386 e. The molecule has 2 rings (SSSR count). The molecule has 0 bridgehead atoms. The van der Waals surface area contributed by atoms with Crippen molar-refractivity contribution in [3.05, 3.63) is 51.8 Å². The summed E-state index contributed by atoms with van der Waals surface area (Å²) in [4.78, 5) is 12.0. The molecule has 0 aliphatic rings. The number of nitrogens with one attached hydrogen (secondary N) is 1. The Kier molecular flexibility index (Phi) is 5.45. The topological polar surface area (TPSA) is 67.2 Å². The van der Waals surface area contributed by atoms with Gasteiger partial charge >= 0.3 is 0 Å². The van der Waals surface area contributed by atoms with Crippen molar-refractivity contribution in [2.24, 2.45) is 0 Å². The van der Waals surface area contributed by atoms with E-state index in [-0.39, 0.29) is 18.5 Å². The predicted octanol–water partition coefficient (Wildman–Crippen LogP) is 3.23. The van der Waals surface area contributed by atoms with E-state index in [0.29, 0.717) is 21.3 Å². The highest BCUT2D eigenvalue weighted by atomic mass is 35.5. The summed E-state index contributed by atoms with van der Waals surface area (Å²) >= 11 is 12.0. The molecule has 0 radical (unpaired) electrons. The first-order chi connectivity index (χ1) is 10.4. The number of nitrogens with zero attached hydrogens (tertiary/aromatic N) is 2. The van der Waals surface area contributed by atoms with Crippen LogP contribution in [0.1, 0.15) is 42.0 Å². The third kappa shape index (κ3) is 3.80. The van der Waals surface area contributed by atoms with Crippen LogP contribution in [0.5, 0.6) is 0 Å². The van der Waals surface area contributed by atoms with Gasteiger partial charge in [-0.25, -0.2) is 0 Å². The minimum absolute atomic E-state index is 0.00315. The zero-order valence-electron chi connectivity index (χ0n) is 12.3. The quantitative estimate of drug-likeness (QED) is 0.877. The summed E-state index contributed by atoms with van der Waals surface area (Å²) < 4.78 is 1.69. The van der Waals surface area contributed by atoms with Crippen LogP contribution in [-0.2, 0) is 0 Å². The Morgan fingerprint density at radius 3 is 2.50 bits per heavy atom. The van der Waals surface area contributed by atoms with Gasteiger partial charge in [0, 0.05) is 34.4 Å². The monoisotopic (exact) mass is 341 g/mol. The van der Waals surface area contributed by atoms with E-state index < -0.39 is 6.10 Å². The number of aliphatic hydroxyl groups is 1. The first-order valence-electron chi connectivity index (χ1n) is 6.85. The van der Waals surface area contributed by atoms with Crippen LogP contribution >= 0.6 is 23.2 Å². The van der Waals surface area contributed by atoms with Gasteiger partial charge in [0.2, 0.25) is 0 Å². The molecular formula is C15H17Cl2N3O2. The number of halogens is 2. The molecule has 1 atom stereocenters. The van der Waals surface area contributed by atoms with E-state index in [2.05, 4.69) is 10.4 Å². The molecule has 1 heterocycles. The number of carbonyl (C=O) groups excluding carboxylic acids is 1. The lowest BCUT2D eigenvalue weighted by atomic mass is 10.1. The molecule has 0 aliphatic heterocycles. The molecule has 0 aliphatic carbocycles. The third-order valence-electron chi connectivity index (χ3n) is 3.16. The lowest BCUT2D eigenvalue weighted by Gasteiger charge is -2.14. The summed E-state index contributed by atoms with van der Waals surface area (Å²) in [5.41, 5.74) is 0.699. The van der Waals surface area contributed by atoms with Crippen LogP contribution in [0.3, 0.4) is 0 Å². The van der Waals surface area contributed by atoms with Gasteiger partial charge in [0.15, 0.2) is 0 Å². The number of aromatic nitrogens is 2. The van der Waals surface area contributed by atoms with E-state index in [0.717, 1.165) is 0 Å². The van der Waals surface area contributed by atoms with Gasteiger partial charge in [-0.1, -0.05) is 29.3 Å². The van der Waals surface area contributed by atoms with Gasteiger partial charge in [0.05, 0.1) is 6.10 Å². The highest BCUT2D eigenvalue weighted by molar-refractivity contribution is 6.36. The number of hydrogen-bond donors (Lipinski definition) is 2. The fourth-order valence-electron chi connectivity index (χ4n) is 1.96. The van der Waals surface area contributed by atoms with E-state index in [1.165, 1.54) is 0 Å². The molecule has 2 N–H and O–H groups in total. The zero-order valence-corrected chi connectivity index (χ0v) is 13.8. The van der Waals surface area contributed by atoms with E-state index in [9.17, 15) is 9.90 Å². The van der Waals surface area contributed by atoms with Crippen LogP contribution in [0.4, 0.5) is 0 Å². The zero-order chi connectivity index (χ0) is 16.3. The predicted molar refractivity (Wildman–Crippen MR) is 86.4 cm³/mol. The Labute approximate surface area is 138 Å². The normalized spacial score (nSPS) is 12.5. The Balaban J connectivity index is 2.01. The van der Waals surface area contributed by atoms with Crippen molar-refractivity contribution in [3.8, 4) is 0 Å².